The van der Waals surface area contributed by atoms with Gasteiger partial charge in [0.15, 0.2) is 0 Å². The summed E-state index contributed by atoms with van der Waals surface area (Å²) in [6.07, 6.45) is 1.49. The standard InChI is InChI=1S/C15H20N2O5/c1-3-5-14(16(15(18)19)11-22-4-2)10-12-6-8-13(9-7-12)17(20)21/h3,6-9,14H,1,4-5,10-11H2,2H3,(H,18,19). The van der Waals surface area contributed by atoms with E-state index in [4.69, 9.17) is 4.74 Å². The Morgan fingerprint density at radius 1 is 1.50 bits per heavy atom. The van der Waals surface area contributed by atoms with E-state index in [9.17, 15) is 20.0 Å². The first-order chi connectivity index (χ1) is 10.5. The third-order valence-electron chi connectivity index (χ3n) is 3.18. The summed E-state index contributed by atoms with van der Waals surface area (Å²) in [5.74, 6) is 0. The molecule has 0 spiro atoms. The lowest BCUT2D eigenvalue weighted by Crippen LogP contribution is -2.42. The molecule has 0 radical (unpaired) electrons. The van der Waals surface area contributed by atoms with Crippen LogP contribution in [0, 0.1) is 10.1 Å². The number of carboxylic acid groups (broad SMARTS) is 1. The minimum Gasteiger partial charge on any atom is -0.465 e. The second-order valence-corrected chi connectivity index (χ2v) is 4.68. The van der Waals surface area contributed by atoms with E-state index in [1.165, 1.54) is 17.0 Å². The number of non-ortho nitro benzene ring substituents is 1. The van der Waals surface area contributed by atoms with Gasteiger partial charge in [0, 0.05) is 24.8 Å². The highest BCUT2D eigenvalue weighted by atomic mass is 16.6. The third-order valence-corrected chi connectivity index (χ3v) is 3.18. The van der Waals surface area contributed by atoms with Crippen LogP contribution in [0.1, 0.15) is 18.9 Å². The summed E-state index contributed by atoms with van der Waals surface area (Å²) < 4.78 is 5.19. The molecule has 1 amide bonds. The molecule has 120 valence electrons. The lowest BCUT2D eigenvalue weighted by Gasteiger charge is -2.28. The monoisotopic (exact) mass is 308 g/mol. The fourth-order valence-electron chi connectivity index (χ4n) is 2.05. The molecule has 7 nitrogen and oxygen atoms in total. The van der Waals surface area contributed by atoms with Gasteiger partial charge in [-0.25, -0.2) is 4.79 Å². The first-order valence-corrected chi connectivity index (χ1v) is 6.91. The Balaban J connectivity index is 2.86. The molecule has 0 saturated heterocycles. The summed E-state index contributed by atoms with van der Waals surface area (Å²) in [5, 5.41) is 20.0. The number of hydrogen-bond donors (Lipinski definition) is 1. The molecule has 1 N–H and O–H groups in total. The van der Waals surface area contributed by atoms with Crippen LogP contribution >= 0.6 is 0 Å². The molecule has 1 aromatic carbocycles. The normalized spacial score (nSPS) is 11.7. The number of nitro benzene ring substituents is 1. The Hall–Kier alpha value is -2.41. The van der Waals surface area contributed by atoms with Crippen molar-refractivity contribution >= 4 is 11.8 Å². The lowest BCUT2D eigenvalue weighted by molar-refractivity contribution is -0.384. The van der Waals surface area contributed by atoms with Crippen LogP contribution in [0.3, 0.4) is 0 Å². The number of carbonyl (C=O) groups is 1. The summed E-state index contributed by atoms with van der Waals surface area (Å²) >= 11 is 0. The highest BCUT2D eigenvalue weighted by Crippen LogP contribution is 2.17. The molecule has 0 saturated carbocycles. The Bertz CT molecular complexity index is 515. The highest BCUT2D eigenvalue weighted by Gasteiger charge is 2.22. The minimum absolute atomic E-state index is 0.00780. The Labute approximate surface area is 129 Å². The van der Waals surface area contributed by atoms with Gasteiger partial charge in [-0.1, -0.05) is 18.2 Å². The number of ether oxygens (including phenoxy) is 1. The van der Waals surface area contributed by atoms with Crippen LogP contribution in [-0.2, 0) is 11.2 Å². The predicted octanol–water partition coefficient (Wildman–Crippen LogP) is 3.06. The highest BCUT2D eigenvalue weighted by molar-refractivity contribution is 5.65. The smallest absolute Gasteiger partial charge is 0.409 e. The van der Waals surface area contributed by atoms with Crippen molar-refractivity contribution in [2.24, 2.45) is 0 Å². The van der Waals surface area contributed by atoms with Gasteiger partial charge >= 0.3 is 6.09 Å². The van der Waals surface area contributed by atoms with Crippen molar-refractivity contribution in [3.8, 4) is 0 Å². The van der Waals surface area contributed by atoms with Gasteiger partial charge in [0.25, 0.3) is 5.69 Å². The molecule has 1 rings (SSSR count). The average Bonchev–Trinajstić information content (AvgIpc) is 2.48. The molecule has 22 heavy (non-hydrogen) atoms. The van der Waals surface area contributed by atoms with Gasteiger partial charge in [-0.3, -0.25) is 15.0 Å². The first-order valence-electron chi connectivity index (χ1n) is 6.91. The molecule has 7 heteroatoms. The maximum absolute atomic E-state index is 11.4. The number of hydrogen-bond acceptors (Lipinski definition) is 4. The summed E-state index contributed by atoms with van der Waals surface area (Å²) in [7, 11) is 0. The van der Waals surface area contributed by atoms with E-state index in [1.807, 2.05) is 0 Å². The van der Waals surface area contributed by atoms with Crippen molar-refractivity contribution in [1.29, 1.82) is 0 Å². The molecule has 0 bridgehead atoms. The van der Waals surface area contributed by atoms with Crippen LogP contribution in [0.15, 0.2) is 36.9 Å². The fourth-order valence-corrected chi connectivity index (χ4v) is 2.05. The van der Waals surface area contributed by atoms with Crippen LogP contribution in [0.4, 0.5) is 10.5 Å². The lowest BCUT2D eigenvalue weighted by atomic mass is 10.0. The zero-order valence-corrected chi connectivity index (χ0v) is 12.5. The van der Waals surface area contributed by atoms with Crippen LogP contribution in [0.5, 0.6) is 0 Å². The van der Waals surface area contributed by atoms with Gasteiger partial charge in [0.05, 0.1) is 4.92 Å². The Morgan fingerprint density at radius 3 is 2.59 bits per heavy atom. The van der Waals surface area contributed by atoms with Crippen molar-refractivity contribution in [2.75, 3.05) is 13.3 Å². The van der Waals surface area contributed by atoms with E-state index in [-0.39, 0.29) is 18.5 Å². The van der Waals surface area contributed by atoms with Gasteiger partial charge in [-0.05, 0) is 25.3 Å². The van der Waals surface area contributed by atoms with Crippen molar-refractivity contribution in [1.82, 2.24) is 4.90 Å². The Morgan fingerprint density at radius 2 is 2.14 bits per heavy atom. The number of rotatable bonds is 9. The second-order valence-electron chi connectivity index (χ2n) is 4.68. The summed E-state index contributed by atoms with van der Waals surface area (Å²) in [6, 6.07) is 5.76. The largest absolute Gasteiger partial charge is 0.465 e. The first kappa shape index (κ1) is 17.6. The molecule has 0 fully saturated rings. The number of benzene rings is 1. The number of amides is 1. The topological polar surface area (TPSA) is 92.9 Å². The number of nitro groups is 1. The van der Waals surface area contributed by atoms with Gasteiger partial charge in [0.2, 0.25) is 0 Å². The van der Waals surface area contributed by atoms with E-state index in [0.29, 0.717) is 19.4 Å². The predicted molar refractivity (Wildman–Crippen MR) is 81.8 cm³/mol. The average molecular weight is 308 g/mol. The SMILES string of the molecule is C=CCC(Cc1ccc([N+](=O)[O-])cc1)N(COCC)C(=O)O. The summed E-state index contributed by atoms with van der Waals surface area (Å²) in [5.41, 5.74) is 0.827. The molecule has 1 aromatic rings. The molecular weight excluding hydrogens is 288 g/mol. The van der Waals surface area contributed by atoms with Gasteiger partial charge in [0.1, 0.15) is 6.73 Å². The van der Waals surface area contributed by atoms with Crippen molar-refractivity contribution < 1.29 is 19.6 Å². The zero-order valence-electron chi connectivity index (χ0n) is 12.5. The molecule has 0 aromatic heterocycles. The van der Waals surface area contributed by atoms with E-state index in [2.05, 4.69) is 6.58 Å². The van der Waals surface area contributed by atoms with Crippen molar-refractivity contribution in [3.05, 3.63) is 52.6 Å². The van der Waals surface area contributed by atoms with Gasteiger partial charge in [-0.15, -0.1) is 6.58 Å². The van der Waals surface area contributed by atoms with Gasteiger partial charge in [-0.2, -0.15) is 0 Å². The fraction of sp³-hybridized carbons (Fsp3) is 0.400. The van der Waals surface area contributed by atoms with E-state index >= 15 is 0 Å². The summed E-state index contributed by atoms with van der Waals surface area (Å²) in [4.78, 5) is 22.8. The molecule has 0 heterocycles. The van der Waals surface area contributed by atoms with Crippen LogP contribution < -0.4 is 0 Å². The number of nitrogens with zero attached hydrogens (tertiary/aromatic N) is 2. The van der Waals surface area contributed by atoms with Crippen molar-refractivity contribution in [2.45, 2.75) is 25.8 Å². The maximum atomic E-state index is 11.4. The third kappa shape index (κ3) is 5.17. The van der Waals surface area contributed by atoms with Crippen molar-refractivity contribution in [3.63, 3.8) is 0 Å². The van der Waals surface area contributed by atoms with E-state index in [1.54, 1.807) is 25.1 Å². The minimum atomic E-state index is -1.07. The van der Waals surface area contributed by atoms with Crippen LogP contribution in [0.2, 0.25) is 0 Å². The molecule has 0 aliphatic heterocycles. The van der Waals surface area contributed by atoms with Crippen LogP contribution in [0.25, 0.3) is 0 Å². The van der Waals surface area contributed by atoms with Gasteiger partial charge < -0.3 is 9.84 Å². The molecule has 1 atom stereocenters. The maximum Gasteiger partial charge on any atom is 0.409 e. The Kier molecular flexibility index (Phi) is 7.04. The molecular formula is C15H20N2O5. The molecule has 0 aliphatic rings. The summed E-state index contributed by atoms with van der Waals surface area (Å²) in [6.45, 7) is 5.84. The van der Waals surface area contributed by atoms with E-state index in [0.717, 1.165) is 5.56 Å². The molecule has 1 unspecified atom stereocenters. The van der Waals surface area contributed by atoms with Crippen LogP contribution in [-0.4, -0.2) is 40.4 Å². The quantitative estimate of drug-likeness (QED) is 0.327. The van der Waals surface area contributed by atoms with E-state index < -0.39 is 11.0 Å². The zero-order chi connectivity index (χ0) is 16.5. The second kappa shape index (κ2) is 8.78. The molecule has 0 aliphatic carbocycles.